The SMILES string of the molecule is CS(=O)CCCNS(=O)(=O)c1cc(C(=O)O)c(Cl)cc1Cl. The van der Waals surface area contributed by atoms with Gasteiger partial charge in [0.2, 0.25) is 10.0 Å². The van der Waals surface area contributed by atoms with Crippen LogP contribution in [0.25, 0.3) is 0 Å². The number of halogens is 2. The molecule has 21 heavy (non-hydrogen) atoms. The second-order valence-corrected chi connectivity index (χ2v) is 8.20. The fraction of sp³-hybridized carbons (Fsp3) is 0.364. The van der Waals surface area contributed by atoms with Crippen molar-refractivity contribution in [1.29, 1.82) is 0 Å². The van der Waals surface area contributed by atoms with Gasteiger partial charge >= 0.3 is 5.97 Å². The molecule has 0 fully saturated rings. The van der Waals surface area contributed by atoms with Crippen molar-refractivity contribution in [3.8, 4) is 0 Å². The van der Waals surface area contributed by atoms with E-state index in [0.29, 0.717) is 12.2 Å². The van der Waals surface area contributed by atoms with Crippen molar-refractivity contribution < 1.29 is 22.5 Å². The highest BCUT2D eigenvalue weighted by atomic mass is 35.5. The molecule has 10 heteroatoms. The Kier molecular flexibility index (Phi) is 6.61. The zero-order valence-corrected chi connectivity index (χ0v) is 14.1. The molecule has 0 amide bonds. The third-order valence-corrected chi connectivity index (χ3v) is 5.54. The standard InChI is InChI=1S/C11H13Cl2NO5S2/c1-20(17)4-2-3-14-21(18,19)10-5-7(11(15)16)8(12)6-9(10)13/h5-6,14H,2-4H2,1H3,(H,15,16). The molecule has 6 nitrogen and oxygen atoms in total. The molecule has 2 N–H and O–H groups in total. The minimum absolute atomic E-state index is 0.0727. The van der Waals surface area contributed by atoms with Crippen LogP contribution in [-0.4, -0.2) is 42.3 Å². The summed E-state index contributed by atoms with van der Waals surface area (Å²) in [5.74, 6) is -0.994. The second-order valence-electron chi connectivity index (χ2n) is 4.10. The number of rotatable bonds is 7. The van der Waals surface area contributed by atoms with E-state index in [1.54, 1.807) is 0 Å². The van der Waals surface area contributed by atoms with Crippen molar-refractivity contribution in [2.24, 2.45) is 0 Å². The molecular weight excluding hydrogens is 361 g/mol. The molecule has 0 aliphatic rings. The summed E-state index contributed by atoms with van der Waals surface area (Å²) in [5.41, 5.74) is -0.351. The van der Waals surface area contributed by atoms with E-state index >= 15 is 0 Å². The molecule has 0 heterocycles. The number of hydrogen-bond donors (Lipinski definition) is 2. The number of carbonyl (C=O) groups is 1. The van der Waals surface area contributed by atoms with Crippen LogP contribution in [0.15, 0.2) is 17.0 Å². The van der Waals surface area contributed by atoms with Crippen molar-refractivity contribution in [3.05, 3.63) is 27.7 Å². The van der Waals surface area contributed by atoms with E-state index in [2.05, 4.69) is 4.72 Å². The van der Waals surface area contributed by atoms with Gasteiger partial charge in [-0.25, -0.2) is 17.9 Å². The Balaban J connectivity index is 3.00. The van der Waals surface area contributed by atoms with Crippen LogP contribution in [0.1, 0.15) is 16.8 Å². The minimum Gasteiger partial charge on any atom is -0.478 e. The highest BCUT2D eigenvalue weighted by Crippen LogP contribution is 2.28. The molecule has 0 saturated carbocycles. The number of sulfonamides is 1. The molecule has 0 aromatic heterocycles. The smallest absolute Gasteiger partial charge is 0.337 e. The van der Waals surface area contributed by atoms with Gasteiger partial charge < -0.3 is 5.11 Å². The average molecular weight is 374 g/mol. The fourth-order valence-corrected chi connectivity index (χ4v) is 3.94. The molecule has 1 unspecified atom stereocenters. The van der Waals surface area contributed by atoms with Crippen LogP contribution in [0, 0.1) is 0 Å². The van der Waals surface area contributed by atoms with Crippen molar-refractivity contribution >= 4 is 50.0 Å². The third-order valence-electron chi connectivity index (χ3n) is 2.44. The summed E-state index contributed by atoms with van der Waals surface area (Å²) in [5, 5.41) is 8.63. The van der Waals surface area contributed by atoms with Crippen LogP contribution < -0.4 is 4.72 Å². The van der Waals surface area contributed by atoms with Crippen LogP contribution in [-0.2, 0) is 20.8 Å². The lowest BCUT2D eigenvalue weighted by Gasteiger charge is -2.10. The number of carboxylic acids is 1. The Morgan fingerprint density at radius 2 is 1.95 bits per heavy atom. The first-order valence-corrected chi connectivity index (χ1v) is 9.64. The number of nitrogens with one attached hydrogen (secondary N) is 1. The van der Waals surface area contributed by atoms with Gasteiger partial charge in [-0.15, -0.1) is 0 Å². The van der Waals surface area contributed by atoms with Gasteiger partial charge in [0.05, 0.1) is 15.6 Å². The highest BCUT2D eigenvalue weighted by molar-refractivity contribution is 7.89. The normalized spacial score (nSPS) is 13.1. The molecule has 0 saturated heterocycles. The van der Waals surface area contributed by atoms with Crippen LogP contribution in [0.5, 0.6) is 0 Å². The van der Waals surface area contributed by atoms with E-state index in [4.69, 9.17) is 28.3 Å². The Bertz CT molecular complexity index is 675. The number of benzene rings is 1. The summed E-state index contributed by atoms with van der Waals surface area (Å²) in [6.07, 6.45) is 1.91. The van der Waals surface area contributed by atoms with Crippen molar-refractivity contribution in [2.75, 3.05) is 18.6 Å². The van der Waals surface area contributed by atoms with Crippen LogP contribution >= 0.6 is 23.2 Å². The molecule has 0 aliphatic heterocycles. The number of carboxylic acid groups (broad SMARTS) is 1. The molecule has 1 aromatic carbocycles. The molecule has 0 radical (unpaired) electrons. The molecule has 1 rings (SSSR count). The first kappa shape index (κ1) is 18.4. The van der Waals surface area contributed by atoms with Crippen LogP contribution in [0.4, 0.5) is 0 Å². The van der Waals surface area contributed by atoms with E-state index in [-0.39, 0.29) is 27.0 Å². The van der Waals surface area contributed by atoms with Gasteiger partial charge in [-0.2, -0.15) is 0 Å². The van der Waals surface area contributed by atoms with E-state index in [1.807, 2.05) is 0 Å². The van der Waals surface area contributed by atoms with E-state index in [1.165, 1.54) is 6.26 Å². The topological polar surface area (TPSA) is 101 Å². The lowest BCUT2D eigenvalue weighted by atomic mass is 10.2. The summed E-state index contributed by atoms with van der Waals surface area (Å²) in [7, 11) is -4.98. The van der Waals surface area contributed by atoms with Gasteiger partial charge in [0.1, 0.15) is 4.90 Å². The molecular formula is C11H13Cl2NO5S2. The Morgan fingerprint density at radius 3 is 2.48 bits per heavy atom. The lowest BCUT2D eigenvalue weighted by molar-refractivity contribution is 0.0697. The number of aromatic carboxylic acids is 1. The van der Waals surface area contributed by atoms with Crippen LogP contribution in [0.3, 0.4) is 0 Å². The first-order chi connectivity index (χ1) is 9.65. The predicted octanol–water partition coefficient (Wildman–Crippen LogP) is 1.74. The van der Waals surface area contributed by atoms with Gasteiger partial charge in [-0.05, 0) is 18.6 Å². The quantitative estimate of drug-likeness (QED) is 0.708. The summed E-state index contributed by atoms with van der Waals surface area (Å²) < 4.78 is 37.3. The van der Waals surface area contributed by atoms with E-state index in [9.17, 15) is 17.4 Å². The van der Waals surface area contributed by atoms with Gasteiger partial charge in [-0.1, -0.05) is 23.2 Å². The zero-order chi connectivity index (χ0) is 16.2. The average Bonchev–Trinajstić information content (AvgIpc) is 2.33. The monoisotopic (exact) mass is 373 g/mol. The molecule has 0 spiro atoms. The van der Waals surface area contributed by atoms with Gasteiger partial charge in [0.15, 0.2) is 0 Å². The molecule has 118 valence electrons. The summed E-state index contributed by atoms with van der Waals surface area (Å²) in [6, 6.07) is 1.98. The molecule has 1 aromatic rings. The fourth-order valence-electron chi connectivity index (χ4n) is 1.46. The zero-order valence-electron chi connectivity index (χ0n) is 10.9. The largest absolute Gasteiger partial charge is 0.478 e. The Hall–Kier alpha value is -0.670. The number of hydrogen-bond acceptors (Lipinski definition) is 4. The summed E-state index contributed by atoms with van der Waals surface area (Å²) >= 11 is 11.5. The van der Waals surface area contributed by atoms with Crippen molar-refractivity contribution in [2.45, 2.75) is 11.3 Å². The third kappa shape index (κ3) is 5.23. The Morgan fingerprint density at radius 1 is 1.33 bits per heavy atom. The predicted molar refractivity (Wildman–Crippen MR) is 82.2 cm³/mol. The minimum atomic E-state index is -3.96. The van der Waals surface area contributed by atoms with Gasteiger partial charge in [0, 0.05) is 29.4 Å². The maximum atomic E-state index is 12.1. The van der Waals surface area contributed by atoms with E-state index in [0.717, 1.165) is 12.1 Å². The molecule has 1 atom stereocenters. The second kappa shape index (κ2) is 7.55. The van der Waals surface area contributed by atoms with Gasteiger partial charge in [-0.3, -0.25) is 4.21 Å². The van der Waals surface area contributed by atoms with Crippen LogP contribution in [0.2, 0.25) is 10.0 Å². The van der Waals surface area contributed by atoms with Crippen molar-refractivity contribution in [3.63, 3.8) is 0 Å². The molecule has 0 aliphatic carbocycles. The van der Waals surface area contributed by atoms with E-state index < -0.39 is 26.8 Å². The maximum Gasteiger partial charge on any atom is 0.337 e. The highest BCUT2D eigenvalue weighted by Gasteiger charge is 2.22. The molecule has 0 bridgehead atoms. The first-order valence-electron chi connectivity index (χ1n) is 5.67. The maximum absolute atomic E-state index is 12.1. The van der Waals surface area contributed by atoms with Crippen molar-refractivity contribution in [1.82, 2.24) is 4.72 Å². The summed E-state index contributed by atoms with van der Waals surface area (Å²) in [4.78, 5) is 10.6. The summed E-state index contributed by atoms with van der Waals surface area (Å²) in [6.45, 7) is 0.0727. The Labute approximate surface area is 135 Å². The van der Waals surface area contributed by atoms with Gasteiger partial charge in [0.25, 0.3) is 0 Å². The lowest BCUT2D eigenvalue weighted by Crippen LogP contribution is -2.26.